The molecule has 0 spiro atoms. The molecule has 1 rings (SSSR count). The lowest BCUT2D eigenvalue weighted by atomic mass is 10.0. The topological polar surface area (TPSA) is 60.7 Å². The van der Waals surface area contributed by atoms with Crippen LogP contribution in [0.3, 0.4) is 0 Å². The second-order valence-electron chi connectivity index (χ2n) is 6.99. The Morgan fingerprint density at radius 3 is 1.92 bits per heavy atom. The molecule has 0 aliphatic carbocycles. The molecular weight excluding hydrogens is 300 g/mol. The molecular formula is C21H36O3. The van der Waals surface area contributed by atoms with Gasteiger partial charge in [0.05, 0.1) is 6.10 Å². The molecule has 0 bridgehead atoms. The van der Waals surface area contributed by atoms with E-state index in [0.29, 0.717) is 6.42 Å². The number of phenols is 2. The van der Waals surface area contributed by atoms with Crippen LogP contribution in [0.15, 0.2) is 18.2 Å². The van der Waals surface area contributed by atoms with Crippen molar-refractivity contribution in [2.45, 2.75) is 96.5 Å². The van der Waals surface area contributed by atoms with Crippen LogP contribution in [-0.4, -0.2) is 21.4 Å². The van der Waals surface area contributed by atoms with Gasteiger partial charge in [0.2, 0.25) is 0 Å². The number of aliphatic hydroxyl groups excluding tert-OH is 1. The molecule has 0 radical (unpaired) electrons. The van der Waals surface area contributed by atoms with E-state index in [2.05, 4.69) is 6.92 Å². The number of phenolic OH excluding ortho intramolecular Hbond substituents is 2. The molecule has 0 aromatic heterocycles. The summed E-state index contributed by atoms with van der Waals surface area (Å²) in [7, 11) is 0. The van der Waals surface area contributed by atoms with E-state index in [-0.39, 0.29) is 17.6 Å². The summed E-state index contributed by atoms with van der Waals surface area (Å²) in [5.41, 5.74) is 0.951. The largest absolute Gasteiger partial charge is 0.504 e. The summed E-state index contributed by atoms with van der Waals surface area (Å²) in [6.07, 6.45) is 15.2. The molecule has 0 fully saturated rings. The van der Waals surface area contributed by atoms with Crippen molar-refractivity contribution in [3.05, 3.63) is 23.8 Å². The first-order valence-corrected chi connectivity index (χ1v) is 9.82. The third-order valence-corrected chi connectivity index (χ3v) is 4.70. The van der Waals surface area contributed by atoms with Crippen LogP contribution in [-0.2, 0) is 6.42 Å². The minimum absolute atomic E-state index is 0.0864. The van der Waals surface area contributed by atoms with Crippen molar-refractivity contribution in [3.8, 4) is 11.5 Å². The maximum atomic E-state index is 10.0. The third-order valence-electron chi connectivity index (χ3n) is 4.70. The lowest BCUT2D eigenvalue weighted by Crippen LogP contribution is -2.07. The molecule has 1 aromatic rings. The van der Waals surface area contributed by atoms with Gasteiger partial charge in [-0.3, -0.25) is 0 Å². The van der Waals surface area contributed by atoms with Crippen molar-refractivity contribution in [2.24, 2.45) is 0 Å². The lowest BCUT2D eigenvalue weighted by Gasteiger charge is -2.11. The van der Waals surface area contributed by atoms with Crippen molar-refractivity contribution in [3.63, 3.8) is 0 Å². The van der Waals surface area contributed by atoms with Gasteiger partial charge in [0.25, 0.3) is 0 Å². The van der Waals surface area contributed by atoms with Crippen LogP contribution in [0.5, 0.6) is 11.5 Å². The van der Waals surface area contributed by atoms with Crippen LogP contribution in [0.4, 0.5) is 0 Å². The van der Waals surface area contributed by atoms with Crippen LogP contribution in [0.25, 0.3) is 0 Å². The Balaban J connectivity index is 1.96. The molecule has 0 saturated carbocycles. The summed E-state index contributed by atoms with van der Waals surface area (Å²) in [4.78, 5) is 0. The number of rotatable bonds is 14. The fraction of sp³-hybridized carbons (Fsp3) is 0.714. The predicted molar refractivity (Wildman–Crippen MR) is 101 cm³/mol. The van der Waals surface area contributed by atoms with Crippen molar-refractivity contribution in [1.82, 2.24) is 0 Å². The van der Waals surface area contributed by atoms with Crippen LogP contribution in [0, 0.1) is 0 Å². The molecule has 1 atom stereocenters. The maximum absolute atomic E-state index is 10.0. The molecule has 3 N–H and O–H groups in total. The summed E-state index contributed by atoms with van der Waals surface area (Å²) >= 11 is 0. The van der Waals surface area contributed by atoms with Gasteiger partial charge in [-0.25, -0.2) is 0 Å². The molecule has 0 saturated heterocycles. The van der Waals surface area contributed by atoms with Crippen LogP contribution in [0.2, 0.25) is 0 Å². The number of hydrogen-bond donors (Lipinski definition) is 3. The summed E-state index contributed by atoms with van der Waals surface area (Å²) in [6, 6.07) is 4.87. The van der Waals surface area contributed by atoms with E-state index < -0.39 is 0 Å². The Kier molecular flexibility index (Phi) is 11.4. The number of aromatic hydroxyl groups is 2. The molecule has 1 aromatic carbocycles. The number of aryl methyl sites for hydroxylation is 1. The van der Waals surface area contributed by atoms with E-state index in [1.807, 2.05) is 0 Å². The van der Waals surface area contributed by atoms with Crippen molar-refractivity contribution >= 4 is 0 Å². The van der Waals surface area contributed by atoms with Gasteiger partial charge in [-0.1, -0.05) is 77.2 Å². The predicted octanol–water partition coefficient (Wildman–Crippen LogP) is 5.70. The smallest absolute Gasteiger partial charge is 0.157 e. The molecule has 0 aliphatic heterocycles. The molecule has 3 heteroatoms. The zero-order valence-electron chi connectivity index (χ0n) is 15.3. The van der Waals surface area contributed by atoms with E-state index >= 15 is 0 Å². The van der Waals surface area contributed by atoms with Crippen LogP contribution < -0.4 is 0 Å². The Hall–Kier alpha value is -1.22. The highest BCUT2D eigenvalue weighted by molar-refractivity contribution is 5.40. The second kappa shape index (κ2) is 13.1. The number of aliphatic hydroxyl groups is 1. The van der Waals surface area contributed by atoms with Gasteiger partial charge in [-0.05, 0) is 37.0 Å². The van der Waals surface area contributed by atoms with Crippen molar-refractivity contribution in [1.29, 1.82) is 0 Å². The van der Waals surface area contributed by atoms with E-state index in [9.17, 15) is 15.3 Å². The van der Waals surface area contributed by atoms with E-state index in [1.165, 1.54) is 63.9 Å². The van der Waals surface area contributed by atoms with Crippen molar-refractivity contribution in [2.75, 3.05) is 0 Å². The minimum Gasteiger partial charge on any atom is -0.504 e. The standard InChI is InChI=1S/C21H36O3/c1-2-3-4-5-6-7-8-9-10-11-12-19(22)15-13-18-14-16-20(23)21(24)17-18/h14,16-17,19,22-24H,2-13,15H2,1H3. The summed E-state index contributed by atoms with van der Waals surface area (Å²) in [5, 5.41) is 28.8. The Labute approximate surface area is 147 Å². The molecule has 24 heavy (non-hydrogen) atoms. The van der Waals surface area contributed by atoms with Gasteiger partial charge < -0.3 is 15.3 Å². The molecule has 0 heterocycles. The zero-order valence-corrected chi connectivity index (χ0v) is 15.3. The molecule has 0 aliphatic rings. The normalized spacial score (nSPS) is 12.4. The minimum atomic E-state index is -0.269. The summed E-state index contributed by atoms with van der Waals surface area (Å²) in [5.74, 6) is -0.179. The second-order valence-corrected chi connectivity index (χ2v) is 6.99. The first-order chi connectivity index (χ1) is 11.6. The van der Waals surface area contributed by atoms with E-state index in [0.717, 1.165) is 24.8 Å². The first-order valence-electron chi connectivity index (χ1n) is 9.82. The average molecular weight is 337 g/mol. The number of benzene rings is 1. The summed E-state index contributed by atoms with van der Waals surface area (Å²) in [6.45, 7) is 2.25. The molecule has 3 nitrogen and oxygen atoms in total. The lowest BCUT2D eigenvalue weighted by molar-refractivity contribution is 0.151. The fourth-order valence-electron chi connectivity index (χ4n) is 3.07. The Morgan fingerprint density at radius 2 is 1.33 bits per heavy atom. The van der Waals surface area contributed by atoms with Gasteiger partial charge in [0.1, 0.15) is 0 Å². The highest BCUT2D eigenvalue weighted by Gasteiger charge is 2.06. The highest BCUT2D eigenvalue weighted by atomic mass is 16.3. The molecule has 138 valence electrons. The van der Waals surface area contributed by atoms with Gasteiger partial charge in [-0.15, -0.1) is 0 Å². The Morgan fingerprint density at radius 1 is 0.750 bits per heavy atom. The average Bonchev–Trinajstić information content (AvgIpc) is 2.57. The van der Waals surface area contributed by atoms with Gasteiger partial charge in [0.15, 0.2) is 11.5 Å². The van der Waals surface area contributed by atoms with Crippen LogP contribution >= 0.6 is 0 Å². The molecule has 0 amide bonds. The number of unbranched alkanes of at least 4 members (excludes halogenated alkanes) is 9. The van der Waals surface area contributed by atoms with Crippen LogP contribution in [0.1, 0.15) is 89.5 Å². The third kappa shape index (κ3) is 9.82. The van der Waals surface area contributed by atoms with Gasteiger partial charge >= 0.3 is 0 Å². The number of hydrogen-bond acceptors (Lipinski definition) is 3. The van der Waals surface area contributed by atoms with Gasteiger partial charge in [0, 0.05) is 0 Å². The molecule has 1 unspecified atom stereocenters. The zero-order chi connectivity index (χ0) is 17.6. The highest BCUT2D eigenvalue weighted by Crippen LogP contribution is 2.25. The quantitative estimate of drug-likeness (QED) is 0.301. The SMILES string of the molecule is CCCCCCCCCCCCC(O)CCc1ccc(O)c(O)c1. The van der Waals surface area contributed by atoms with Gasteiger partial charge in [-0.2, -0.15) is 0 Å². The van der Waals surface area contributed by atoms with Crippen molar-refractivity contribution < 1.29 is 15.3 Å². The fourth-order valence-corrected chi connectivity index (χ4v) is 3.07. The Bertz CT molecular complexity index is 431. The first kappa shape index (κ1) is 20.8. The van der Waals surface area contributed by atoms with E-state index in [1.54, 1.807) is 12.1 Å². The van der Waals surface area contributed by atoms with E-state index in [4.69, 9.17) is 0 Å². The maximum Gasteiger partial charge on any atom is 0.157 e. The summed E-state index contributed by atoms with van der Waals surface area (Å²) < 4.78 is 0. The monoisotopic (exact) mass is 336 g/mol.